The number of rotatable bonds is 10. The SMILES string of the molecule is COc1ccc(CC(=O)O)cc1Oc1ccc(NC(=O)c2cccnc2)cc1CSCC(F)(F)F. The first kappa shape index (κ1) is 25.9. The molecule has 184 valence electrons. The molecule has 7 nitrogen and oxygen atoms in total. The van der Waals surface area contributed by atoms with Gasteiger partial charge in [0.15, 0.2) is 11.5 Å². The van der Waals surface area contributed by atoms with E-state index < -0.39 is 23.8 Å². The number of amides is 1. The largest absolute Gasteiger partial charge is 0.493 e. The van der Waals surface area contributed by atoms with E-state index >= 15 is 0 Å². The molecule has 0 aliphatic heterocycles. The number of carbonyl (C=O) groups is 2. The molecule has 11 heteroatoms. The predicted octanol–water partition coefficient (Wildman–Crippen LogP) is 5.56. The molecule has 2 aromatic carbocycles. The number of thioether (sulfide) groups is 1. The van der Waals surface area contributed by atoms with Crippen LogP contribution in [0.15, 0.2) is 60.9 Å². The van der Waals surface area contributed by atoms with E-state index in [1.807, 2.05) is 0 Å². The molecule has 35 heavy (non-hydrogen) atoms. The number of pyridine rings is 1. The van der Waals surface area contributed by atoms with Crippen LogP contribution in [0.5, 0.6) is 17.2 Å². The van der Waals surface area contributed by atoms with Gasteiger partial charge in [-0.3, -0.25) is 14.6 Å². The van der Waals surface area contributed by atoms with E-state index in [2.05, 4.69) is 10.3 Å². The van der Waals surface area contributed by atoms with Crippen LogP contribution in [-0.4, -0.2) is 41.0 Å². The molecule has 3 rings (SSSR count). The Labute approximate surface area is 203 Å². The maximum atomic E-state index is 12.7. The van der Waals surface area contributed by atoms with Crippen molar-refractivity contribution in [3.05, 3.63) is 77.6 Å². The molecule has 0 spiro atoms. The van der Waals surface area contributed by atoms with Gasteiger partial charge in [0, 0.05) is 29.4 Å². The second-order valence-electron chi connectivity index (χ2n) is 7.28. The van der Waals surface area contributed by atoms with E-state index in [9.17, 15) is 22.8 Å². The molecule has 0 bridgehead atoms. The van der Waals surface area contributed by atoms with Crippen molar-refractivity contribution >= 4 is 29.3 Å². The van der Waals surface area contributed by atoms with Crippen LogP contribution in [-0.2, 0) is 17.0 Å². The van der Waals surface area contributed by atoms with Crippen LogP contribution >= 0.6 is 11.8 Å². The molecule has 0 atom stereocenters. The fourth-order valence-electron chi connectivity index (χ4n) is 3.05. The minimum atomic E-state index is -4.34. The van der Waals surface area contributed by atoms with E-state index in [1.54, 1.807) is 30.3 Å². The molecule has 1 aromatic heterocycles. The quantitative estimate of drug-likeness (QED) is 0.372. The highest BCUT2D eigenvalue weighted by Crippen LogP contribution is 2.37. The zero-order chi connectivity index (χ0) is 25.4. The van der Waals surface area contributed by atoms with Crippen molar-refractivity contribution in [1.29, 1.82) is 0 Å². The average Bonchev–Trinajstić information content (AvgIpc) is 2.80. The van der Waals surface area contributed by atoms with E-state index in [1.165, 1.54) is 37.7 Å². The highest BCUT2D eigenvalue weighted by Gasteiger charge is 2.27. The van der Waals surface area contributed by atoms with Gasteiger partial charge in [-0.15, -0.1) is 11.8 Å². The number of aliphatic carboxylic acids is 1. The first-order chi connectivity index (χ1) is 16.6. The van der Waals surface area contributed by atoms with Crippen LogP contribution in [0.25, 0.3) is 0 Å². The van der Waals surface area contributed by atoms with Gasteiger partial charge in [-0.05, 0) is 48.0 Å². The molecular weight excluding hydrogens is 485 g/mol. The number of benzene rings is 2. The van der Waals surface area contributed by atoms with E-state index in [0.29, 0.717) is 39.9 Å². The summed E-state index contributed by atoms with van der Waals surface area (Å²) in [6.45, 7) is 0. The number of aromatic nitrogens is 1. The van der Waals surface area contributed by atoms with Crippen molar-refractivity contribution in [3.8, 4) is 17.2 Å². The lowest BCUT2D eigenvalue weighted by Crippen LogP contribution is -2.12. The minimum absolute atomic E-state index is 0.0530. The Kier molecular flexibility index (Phi) is 8.58. The van der Waals surface area contributed by atoms with Gasteiger partial charge in [0.05, 0.1) is 24.8 Å². The predicted molar refractivity (Wildman–Crippen MR) is 125 cm³/mol. The average molecular weight is 507 g/mol. The Bertz CT molecular complexity index is 1190. The molecular formula is C24H21F3N2O5S. The Hall–Kier alpha value is -3.73. The number of methoxy groups -OCH3 is 1. The molecule has 2 N–H and O–H groups in total. The zero-order valence-electron chi connectivity index (χ0n) is 18.5. The Morgan fingerprint density at radius 1 is 1.09 bits per heavy atom. The van der Waals surface area contributed by atoms with Crippen LogP contribution in [0.3, 0.4) is 0 Å². The lowest BCUT2D eigenvalue weighted by atomic mass is 10.1. The third-order valence-electron chi connectivity index (χ3n) is 4.57. The summed E-state index contributed by atoms with van der Waals surface area (Å²) in [4.78, 5) is 27.4. The number of carbonyl (C=O) groups excluding carboxylic acids is 1. The van der Waals surface area contributed by atoms with Crippen LogP contribution in [0, 0.1) is 0 Å². The second kappa shape index (κ2) is 11.6. The van der Waals surface area contributed by atoms with Gasteiger partial charge in [0.2, 0.25) is 0 Å². The highest BCUT2D eigenvalue weighted by atomic mass is 32.2. The third kappa shape index (κ3) is 7.92. The molecule has 0 radical (unpaired) electrons. The Morgan fingerprint density at radius 3 is 2.51 bits per heavy atom. The van der Waals surface area contributed by atoms with Gasteiger partial charge in [-0.2, -0.15) is 13.2 Å². The Balaban J connectivity index is 1.89. The second-order valence-corrected chi connectivity index (χ2v) is 8.27. The highest BCUT2D eigenvalue weighted by molar-refractivity contribution is 7.98. The molecule has 1 amide bonds. The van der Waals surface area contributed by atoms with E-state index in [0.717, 1.165) is 0 Å². The fraction of sp³-hybridized carbons (Fsp3) is 0.208. The van der Waals surface area contributed by atoms with Crippen molar-refractivity contribution in [2.75, 3.05) is 18.2 Å². The van der Waals surface area contributed by atoms with E-state index in [-0.39, 0.29) is 23.7 Å². The summed E-state index contributed by atoms with van der Waals surface area (Å²) in [6, 6.07) is 12.4. The zero-order valence-corrected chi connectivity index (χ0v) is 19.3. The maximum absolute atomic E-state index is 12.7. The summed E-state index contributed by atoms with van der Waals surface area (Å²) in [6.07, 6.45) is -1.66. The van der Waals surface area contributed by atoms with Gasteiger partial charge in [0.1, 0.15) is 5.75 Å². The summed E-state index contributed by atoms with van der Waals surface area (Å²) in [5, 5.41) is 11.8. The number of nitrogens with one attached hydrogen (secondary N) is 1. The summed E-state index contributed by atoms with van der Waals surface area (Å²) in [7, 11) is 1.41. The van der Waals surface area contributed by atoms with Gasteiger partial charge < -0.3 is 19.9 Å². The molecule has 0 fully saturated rings. The van der Waals surface area contributed by atoms with Crippen molar-refractivity contribution in [3.63, 3.8) is 0 Å². The lowest BCUT2D eigenvalue weighted by molar-refractivity contribution is -0.136. The van der Waals surface area contributed by atoms with Gasteiger partial charge in [-0.1, -0.05) is 6.07 Å². The number of carboxylic acids is 1. The number of carboxylic acid groups (broad SMARTS) is 1. The number of hydrogen-bond acceptors (Lipinski definition) is 6. The van der Waals surface area contributed by atoms with Crippen molar-refractivity contribution in [1.82, 2.24) is 4.98 Å². The molecule has 0 saturated heterocycles. The van der Waals surface area contributed by atoms with Gasteiger partial charge in [-0.25, -0.2) is 0 Å². The third-order valence-corrected chi connectivity index (χ3v) is 5.62. The van der Waals surface area contributed by atoms with E-state index in [4.69, 9.17) is 14.6 Å². The maximum Gasteiger partial charge on any atom is 0.397 e. The molecule has 0 aliphatic rings. The van der Waals surface area contributed by atoms with Crippen molar-refractivity contribution < 1.29 is 37.3 Å². The normalized spacial score (nSPS) is 11.1. The topological polar surface area (TPSA) is 97.8 Å². The van der Waals surface area contributed by atoms with Crippen LogP contribution in [0.2, 0.25) is 0 Å². The summed E-state index contributed by atoms with van der Waals surface area (Å²) >= 11 is 0.647. The number of hydrogen-bond donors (Lipinski definition) is 2. The number of halogens is 3. The molecule has 1 heterocycles. The summed E-state index contributed by atoms with van der Waals surface area (Å²) < 4.78 is 49.4. The number of ether oxygens (including phenoxy) is 2. The fourth-order valence-corrected chi connectivity index (χ4v) is 3.83. The number of alkyl halides is 3. The van der Waals surface area contributed by atoms with Crippen LogP contribution in [0.4, 0.5) is 18.9 Å². The van der Waals surface area contributed by atoms with Crippen molar-refractivity contribution in [2.24, 2.45) is 0 Å². The minimum Gasteiger partial charge on any atom is -0.493 e. The monoisotopic (exact) mass is 506 g/mol. The summed E-state index contributed by atoms with van der Waals surface area (Å²) in [5.74, 6) is -1.80. The first-order valence-corrected chi connectivity index (χ1v) is 11.4. The van der Waals surface area contributed by atoms with Gasteiger partial charge >= 0.3 is 12.1 Å². The molecule has 0 unspecified atom stereocenters. The Morgan fingerprint density at radius 2 is 1.86 bits per heavy atom. The standard InChI is InChI=1S/C24H21F3N2O5S/c1-33-20-6-4-15(10-22(30)31)9-21(20)34-19-7-5-18(11-17(19)13-35-14-24(25,26)27)29-23(32)16-3-2-8-28-12-16/h2-9,11-12H,10,13-14H2,1H3,(H,29,32)(H,30,31). The van der Waals surface area contributed by atoms with Crippen molar-refractivity contribution in [2.45, 2.75) is 18.3 Å². The van der Waals surface area contributed by atoms with Crippen LogP contribution in [0.1, 0.15) is 21.5 Å². The first-order valence-electron chi connectivity index (χ1n) is 10.2. The molecule has 3 aromatic rings. The lowest BCUT2D eigenvalue weighted by Gasteiger charge is -2.16. The number of anilines is 1. The molecule has 0 saturated carbocycles. The number of nitrogens with zero attached hydrogens (tertiary/aromatic N) is 1. The smallest absolute Gasteiger partial charge is 0.397 e. The molecule has 0 aliphatic carbocycles. The summed E-state index contributed by atoms with van der Waals surface area (Å²) in [5.41, 5.74) is 1.54. The van der Waals surface area contributed by atoms with Gasteiger partial charge in [0.25, 0.3) is 5.91 Å². The van der Waals surface area contributed by atoms with Crippen LogP contribution < -0.4 is 14.8 Å².